The van der Waals surface area contributed by atoms with Crippen LogP contribution in [0.3, 0.4) is 0 Å². The molecule has 0 aliphatic carbocycles. The molecule has 0 bridgehead atoms. The Morgan fingerprint density at radius 1 is 1.12 bits per heavy atom. The van der Waals surface area contributed by atoms with E-state index in [1.54, 1.807) is 36.4 Å². The normalized spacial score (nSPS) is 17.7. The van der Waals surface area contributed by atoms with Crippen LogP contribution in [0.2, 0.25) is 5.02 Å². The number of hydrogen-bond donors (Lipinski definition) is 2. The Labute approximate surface area is 205 Å². The highest BCUT2D eigenvalue weighted by molar-refractivity contribution is 6.32. The van der Waals surface area contributed by atoms with Gasteiger partial charge in [-0.25, -0.2) is 0 Å². The van der Waals surface area contributed by atoms with Crippen molar-refractivity contribution in [2.75, 3.05) is 51.1 Å². The molecular weight excluding hydrogens is 452 g/mol. The number of amides is 2. The van der Waals surface area contributed by atoms with E-state index < -0.39 is 0 Å². The van der Waals surface area contributed by atoms with E-state index in [4.69, 9.17) is 16.3 Å². The Bertz CT molecular complexity index is 1060. The van der Waals surface area contributed by atoms with E-state index in [2.05, 4.69) is 27.4 Å². The molecule has 2 aliphatic rings. The second-order valence-electron chi connectivity index (χ2n) is 8.59. The molecule has 2 aromatic carbocycles. The molecule has 1 fully saturated rings. The van der Waals surface area contributed by atoms with Gasteiger partial charge in [-0.1, -0.05) is 36.7 Å². The van der Waals surface area contributed by atoms with Crippen molar-refractivity contribution in [3.63, 3.8) is 0 Å². The van der Waals surface area contributed by atoms with Crippen molar-refractivity contribution in [2.24, 2.45) is 0 Å². The fraction of sp³-hybridized carbons (Fsp3) is 0.385. The number of nitrogens with one attached hydrogen (secondary N) is 2. The minimum absolute atomic E-state index is 0.147. The van der Waals surface area contributed by atoms with Gasteiger partial charge in [0.25, 0.3) is 11.8 Å². The van der Waals surface area contributed by atoms with Gasteiger partial charge in [-0.15, -0.1) is 0 Å². The lowest BCUT2D eigenvalue weighted by Crippen LogP contribution is -2.47. The third-order valence-corrected chi connectivity index (χ3v) is 6.41. The Balaban J connectivity index is 1.28. The predicted molar refractivity (Wildman–Crippen MR) is 135 cm³/mol. The third kappa shape index (κ3) is 6.17. The van der Waals surface area contributed by atoms with Crippen LogP contribution < -0.4 is 15.4 Å². The van der Waals surface area contributed by atoms with Crippen LogP contribution in [0.5, 0.6) is 5.75 Å². The molecule has 0 aromatic heterocycles. The fourth-order valence-electron chi connectivity index (χ4n) is 4.19. The van der Waals surface area contributed by atoms with E-state index in [0.717, 1.165) is 39.1 Å². The number of piperazine rings is 1. The number of rotatable bonds is 8. The van der Waals surface area contributed by atoms with Crippen LogP contribution in [0.25, 0.3) is 6.08 Å². The maximum Gasteiger partial charge on any atom is 0.291 e. The highest BCUT2D eigenvalue weighted by atomic mass is 35.5. The molecule has 1 saturated heterocycles. The summed E-state index contributed by atoms with van der Waals surface area (Å²) in [5.74, 6) is 0.0798. The van der Waals surface area contributed by atoms with Crippen molar-refractivity contribution in [1.82, 2.24) is 15.1 Å². The number of fused-ring (bicyclic) bond motifs is 1. The summed E-state index contributed by atoms with van der Waals surface area (Å²) in [7, 11) is 0. The van der Waals surface area contributed by atoms with Crippen molar-refractivity contribution >= 4 is 35.2 Å². The summed E-state index contributed by atoms with van der Waals surface area (Å²) in [5, 5.41) is 6.31. The zero-order valence-electron chi connectivity index (χ0n) is 19.5. The quantitative estimate of drug-likeness (QED) is 0.441. The first-order valence-electron chi connectivity index (χ1n) is 11.9. The molecule has 0 unspecified atom stereocenters. The first kappa shape index (κ1) is 24.3. The molecule has 2 N–H and O–H groups in total. The van der Waals surface area contributed by atoms with Gasteiger partial charge in [0.05, 0.1) is 5.69 Å². The molecule has 2 heterocycles. The highest BCUT2D eigenvalue weighted by Gasteiger charge is 2.23. The molecule has 0 saturated carbocycles. The van der Waals surface area contributed by atoms with E-state index in [0.29, 0.717) is 34.1 Å². The van der Waals surface area contributed by atoms with Crippen LogP contribution >= 0.6 is 11.6 Å². The lowest BCUT2D eigenvalue weighted by atomic mass is 10.1. The zero-order valence-corrected chi connectivity index (χ0v) is 20.2. The van der Waals surface area contributed by atoms with Gasteiger partial charge in [0.2, 0.25) is 0 Å². The number of anilines is 1. The molecular formula is C26H31ClN4O3. The Morgan fingerprint density at radius 2 is 1.85 bits per heavy atom. The summed E-state index contributed by atoms with van der Waals surface area (Å²) in [6.07, 6.45) is 3.70. The summed E-state index contributed by atoms with van der Waals surface area (Å²) >= 11 is 6.18. The summed E-state index contributed by atoms with van der Waals surface area (Å²) in [6, 6.07) is 12.3. The van der Waals surface area contributed by atoms with Gasteiger partial charge in [0.1, 0.15) is 0 Å². The smallest absolute Gasteiger partial charge is 0.291 e. The highest BCUT2D eigenvalue weighted by Crippen LogP contribution is 2.33. The number of ether oxygens (including phenoxy) is 1. The monoisotopic (exact) mass is 482 g/mol. The Hall–Kier alpha value is -2.87. The van der Waals surface area contributed by atoms with Crippen molar-refractivity contribution in [2.45, 2.75) is 19.8 Å². The first-order chi connectivity index (χ1) is 16.5. The predicted octanol–water partition coefficient (Wildman–Crippen LogP) is 3.86. The molecule has 2 aliphatic heterocycles. The number of nitrogens with zero attached hydrogens (tertiary/aromatic N) is 2. The van der Waals surface area contributed by atoms with Gasteiger partial charge in [0, 0.05) is 43.3 Å². The molecule has 0 radical (unpaired) electrons. The van der Waals surface area contributed by atoms with Gasteiger partial charge in [-0.05, 0) is 61.8 Å². The van der Waals surface area contributed by atoms with Crippen LogP contribution in [0.4, 0.5) is 5.69 Å². The zero-order chi connectivity index (χ0) is 23.9. The Kier molecular flexibility index (Phi) is 8.21. The average molecular weight is 483 g/mol. The molecule has 2 amide bonds. The van der Waals surface area contributed by atoms with Crippen molar-refractivity contribution in [3.05, 3.63) is 64.4 Å². The summed E-state index contributed by atoms with van der Waals surface area (Å²) < 4.78 is 5.78. The molecule has 2 aromatic rings. The van der Waals surface area contributed by atoms with Gasteiger partial charge >= 0.3 is 0 Å². The molecule has 4 rings (SSSR count). The van der Waals surface area contributed by atoms with Crippen LogP contribution in [0, 0.1) is 0 Å². The molecule has 7 nitrogen and oxygen atoms in total. The SMILES string of the molecule is CCCN1CCN(CCCNC(=O)c2ccc3c(c2)NC(=O)/C(=C/c2ccccc2Cl)O3)CC1. The lowest BCUT2D eigenvalue weighted by molar-refractivity contribution is -0.115. The molecule has 0 atom stereocenters. The van der Waals surface area contributed by atoms with E-state index in [9.17, 15) is 9.59 Å². The molecule has 8 heteroatoms. The largest absolute Gasteiger partial charge is 0.449 e. The molecule has 0 spiro atoms. The van der Waals surface area contributed by atoms with Crippen LogP contribution in [0.1, 0.15) is 35.7 Å². The second-order valence-corrected chi connectivity index (χ2v) is 9.00. The number of carbonyl (C=O) groups excluding carboxylic acids is 2. The van der Waals surface area contributed by atoms with Gasteiger partial charge in [-0.2, -0.15) is 0 Å². The van der Waals surface area contributed by atoms with Gasteiger partial charge in [-0.3, -0.25) is 9.59 Å². The van der Waals surface area contributed by atoms with Crippen molar-refractivity contribution in [3.8, 4) is 5.75 Å². The molecule has 180 valence electrons. The summed E-state index contributed by atoms with van der Waals surface area (Å²) in [4.78, 5) is 30.1. The van der Waals surface area contributed by atoms with E-state index >= 15 is 0 Å². The topological polar surface area (TPSA) is 73.9 Å². The summed E-state index contributed by atoms with van der Waals surface area (Å²) in [5.41, 5.74) is 1.64. The van der Waals surface area contributed by atoms with Crippen LogP contribution in [0.15, 0.2) is 48.2 Å². The van der Waals surface area contributed by atoms with Crippen LogP contribution in [-0.2, 0) is 4.79 Å². The Morgan fingerprint density at radius 3 is 2.59 bits per heavy atom. The number of carbonyl (C=O) groups is 2. The van der Waals surface area contributed by atoms with Crippen LogP contribution in [-0.4, -0.2) is 67.4 Å². The number of halogens is 1. The summed E-state index contributed by atoms with van der Waals surface area (Å²) in [6.45, 7) is 9.41. The third-order valence-electron chi connectivity index (χ3n) is 6.07. The molecule has 34 heavy (non-hydrogen) atoms. The van der Waals surface area contributed by atoms with E-state index in [-0.39, 0.29) is 17.6 Å². The minimum Gasteiger partial charge on any atom is -0.449 e. The average Bonchev–Trinajstić information content (AvgIpc) is 2.84. The first-order valence-corrected chi connectivity index (χ1v) is 12.2. The van der Waals surface area contributed by atoms with Crippen molar-refractivity contribution < 1.29 is 14.3 Å². The fourth-order valence-corrected chi connectivity index (χ4v) is 4.38. The number of hydrogen-bond acceptors (Lipinski definition) is 5. The number of benzene rings is 2. The lowest BCUT2D eigenvalue weighted by Gasteiger charge is -2.34. The van der Waals surface area contributed by atoms with Gasteiger partial charge < -0.3 is 25.2 Å². The van der Waals surface area contributed by atoms with Crippen molar-refractivity contribution in [1.29, 1.82) is 0 Å². The van der Waals surface area contributed by atoms with E-state index in [1.165, 1.54) is 13.0 Å². The van der Waals surface area contributed by atoms with E-state index in [1.807, 2.05) is 12.1 Å². The minimum atomic E-state index is -0.385. The maximum atomic E-state index is 12.6. The second kappa shape index (κ2) is 11.5. The standard InChI is InChI=1S/C26H31ClN4O3/c1-2-11-30-13-15-31(16-14-30)12-5-10-28-25(32)20-8-9-23-22(17-20)29-26(33)24(34-23)18-19-6-3-4-7-21(19)27/h3-4,6-9,17-18H,2,5,10-16H2,1H3,(H,28,32)(H,29,33)/b24-18-. The maximum absolute atomic E-state index is 12.6. The van der Waals surface area contributed by atoms with Gasteiger partial charge in [0.15, 0.2) is 11.5 Å².